The zero-order valence-electron chi connectivity index (χ0n) is 11.0. The summed E-state index contributed by atoms with van der Waals surface area (Å²) in [5.74, 6) is -0.246. The third-order valence-corrected chi connectivity index (χ3v) is 3.11. The molecule has 0 atom stereocenters. The van der Waals surface area contributed by atoms with Gasteiger partial charge in [-0.1, -0.05) is 0 Å². The highest BCUT2D eigenvalue weighted by Crippen LogP contribution is 2.24. The molecule has 2 aromatic carbocycles. The van der Waals surface area contributed by atoms with Gasteiger partial charge < -0.3 is 5.73 Å². The van der Waals surface area contributed by atoms with Gasteiger partial charge in [-0.2, -0.15) is 5.10 Å². The number of halogens is 1. The second kappa shape index (κ2) is 4.81. The number of hydrogen-bond acceptors (Lipinski definition) is 2. The molecule has 0 aliphatic carbocycles. The molecule has 20 heavy (non-hydrogen) atoms. The lowest BCUT2D eigenvalue weighted by atomic mass is 10.1. The van der Waals surface area contributed by atoms with E-state index in [-0.39, 0.29) is 5.82 Å². The zero-order chi connectivity index (χ0) is 14.1. The van der Waals surface area contributed by atoms with E-state index in [0.29, 0.717) is 5.69 Å². The van der Waals surface area contributed by atoms with Crippen molar-refractivity contribution >= 4 is 5.69 Å². The maximum absolute atomic E-state index is 13.0. The number of nitrogens with zero attached hydrogens (tertiary/aromatic N) is 2. The van der Waals surface area contributed by atoms with Crippen LogP contribution in [0.5, 0.6) is 0 Å². The molecule has 4 heteroatoms. The van der Waals surface area contributed by atoms with Crippen LogP contribution >= 0.6 is 0 Å². The maximum Gasteiger partial charge on any atom is 0.123 e. The van der Waals surface area contributed by atoms with Crippen LogP contribution in [-0.2, 0) is 0 Å². The van der Waals surface area contributed by atoms with Crippen LogP contribution in [-0.4, -0.2) is 9.78 Å². The number of benzene rings is 2. The van der Waals surface area contributed by atoms with E-state index in [2.05, 4.69) is 5.10 Å². The summed E-state index contributed by atoms with van der Waals surface area (Å²) >= 11 is 0. The van der Waals surface area contributed by atoms with Gasteiger partial charge in [-0.15, -0.1) is 0 Å². The summed E-state index contributed by atoms with van der Waals surface area (Å²) in [4.78, 5) is 0. The van der Waals surface area contributed by atoms with E-state index in [4.69, 9.17) is 5.73 Å². The van der Waals surface area contributed by atoms with Crippen LogP contribution in [0, 0.1) is 12.7 Å². The van der Waals surface area contributed by atoms with Crippen LogP contribution in [0.25, 0.3) is 16.9 Å². The Morgan fingerprint density at radius 2 is 1.65 bits per heavy atom. The molecule has 0 bridgehead atoms. The molecule has 0 unspecified atom stereocenters. The number of aromatic nitrogens is 2. The van der Waals surface area contributed by atoms with Crippen LogP contribution in [0.4, 0.5) is 10.1 Å². The standard InChI is InChI=1S/C16H14FN3/c1-11-10-16(12-2-4-13(17)5-3-12)20(19-11)15-8-6-14(18)7-9-15/h2-10H,18H2,1H3. The van der Waals surface area contributed by atoms with Gasteiger partial charge >= 0.3 is 0 Å². The monoisotopic (exact) mass is 267 g/mol. The molecular formula is C16H14FN3. The largest absolute Gasteiger partial charge is 0.399 e. The maximum atomic E-state index is 13.0. The van der Waals surface area contributed by atoms with Crippen molar-refractivity contribution in [3.05, 3.63) is 66.1 Å². The van der Waals surface area contributed by atoms with E-state index >= 15 is 0 Å². The summed E-state index contributed by atoms with van der Waals surface area (Å²) in [6.45, 7) is 1.93. The van der Waals surface area contributed by atoms with Gasteiger partial charge in [0.05, 0.1) is 17.1 Å². The molecule has 1 heterocycles. The fourth-order valence-corrected chi connectivity index (χ4v) is 2.14. The number of rotatable bonds is 2. The minimum Gasteiger partial charge on any atom is -0.399 e. The first-order valence-electron chi connectivity index (χ1n) is 6.32. The second-order valence-electron chi connectivity index (χ2n) is 4.68. The Bertz CT molecular complexity index is 664. The highest BCUT2D eigenvalue weighted by atomic mass is 19.1. The Balaban J connectivity index is 2.12. The molecule has 3 aromatic rings. The summed E-state index contributed by atoms with van der Waals surface area (Å²) in [6, 6.07) is 15.9. The van der Waals surface area contributed by atoms with E-state index in [1.54, 1.807) is 12.1 Å². The van der Waals surface area contributed by atoms with Crippen molar-refractivity contribution < 1.29 is 4.39 Å². The number of nitrogen functional groups attached to an aromatic ring is 1. The highest BCUT2D eigenvalue weighted by molar-refractivity contribution is 5.63. The van der Waals surface area contributed by atoms with Gasteiger partial charge in [0, 0.05) is 11.3 Å². The Morgan fingerprint density at radius 3 is 2.30 bits per heavy atom. The molecule has 0 spiro atoms. The molecule has 0 aliphatic rings. The van der Waals surface area contributed by atoms with Crippen LogP contribution in [0.2, 0.25) is 0 Å². The molecule has 2 N–H and O–H groups in total. The van der Waals surface area contributed by atoms with Gasteiger partial charge in [0.1, 0.15) is 5.82 Å². The van der Waals surface area contributed by atoms with Crippen molar-refractivity contribution in [3.63, 3.8) is 0 Å². The fraction of sp³-hybridized carbons (Fsp3) is 0.0625. The normalized spacial score (nSPS) is 10.7. The minimum absolute atomic E-state index is 0.246. The van der Waals surface area contributed by atoms with Crippen LogP contribution in [0.1, 0.15) is 5.69 Å². The lowest BCUT2D eigenvalue weighted by Crippen LogP contribution is -1.99. The predicted octanol–water partition coefficient (Wildman–Crippen LogP) is 3.57. The third-order valence-electron chi connectivity index (χ3n) is 3.11. The number of anilines is 1. The quantitative estimate of drug-likeness (QED) is 0.721. The third kappa shape index (κ3) is 2.28. The van der Waals surface area contributed by atoms with Crippen LogP contribution < -0.4 is 5.73 Å². The molecule has 3 nitrogen and oxygen atoms in total. The minimum atomic E-state index is -0.246. The van der Waals surface area contributed by atoms with E-state index in [1.165, 1.54) is 12.1 Å². The molecule has 0 saturated heterocycles. The number of nitrogens with two attached hydrogens (primary N) is 1. The Morgan fingerprint density at radius 1 is 1.00 bits per heavy atom. The van der Waals surface area contributed by atoms with Crippen molar-refractivity contribution in [2.24, 2.45) is 0 Å². The second-order valence-corrected chi connectivity index (χ2v) is 4.68. The van der Waals surface area contributed by atoms with Crippen LogP contribution in [0.3, 0.4) is 0 Å². The molecule has 0 amide bonds. The Kier molecular flexibility index (Phi) is 2.99. The smallest absolute Gasteiger partial charge is 0.123 e. The summed E-state index contributed by atoms with van der Waals surface area (Å²) in [5, 5.41) is 4.49. The van der Waals surface area contributed by atoms with Gasteiger partial charge in [0.2, 0.25) is 0 Å². The summed E-state index contributed by atoms with van der Waals surface area (Å²) in [6.07, 6.45) is 0. The first kappa shape index (κ1) is 12.4. The number of aryl methyl sites for hydroxylation is 1. The average Bonchev–Trinajstić information content (AvgIpc) is 2.82. The lowest BCUT2D eigenvalue weighted by Gasteiger charge is -2.08. The van der Waals surface area contributed by atoms with Crippen LogP contribution in [0.15, 0.2) is 54.6 Å². The first-order chi connectivity index (χ1) is 9.63. The van der Waals surface area contributed by atoms with E-state index in [1.807, 2.05) is 41.9 Å². The van der Waals surface area contributed by atoms with Crippen molar-refractivity contribution in [2.75, 3.05) is 5.73 Å². The molecule has 0 fully saturated rings. The molecule has 0 saturated carbocycles. The van der Waals surface area contributed by atoms with Crippen molar-refractivity contribution in [1.82, 2.24) is 9.78 Å². The van der Waals surface area contributed by atoms with E-state index in [9.17, 15) is 4.39 Å². The summed E-state index contributed by atoms with van der Waals surface area (Å²) in [7, 11) is 0. The van der Waals surface area contributed by atoms with Crippen molar-refractivity contribution in [3.8, 4) is 16.9 Å². The SMILES string of the molecule is Cc1cc(-c2ccc(F)cc2)n(-c2ccc(N)cc2)n1. The average molecular weight is 267 g/mol. The summed E-state index contributed by atoms with van der Waals surface area (Å²) < 4.78 is 14.9. The van der Waals surface area contributed by atoms with Gasteiger partial charge in [-0.25, -0.2) is 9.07 Å². The Labute approximate surface area is 116 Å². The molecule has 0 radical (unpaired) electrons. The van der Waals surface area contributed by atoms with Gasteiger partial charge in [0.25, 0.3) is 0 Å². The molecule has 100 valence electrons. The summed E-state index contributed by atoms with van der Waals surface area (Å²) in [5.41, 5.74) is 10.1. The van der Waals surface area contributed by atoms with E-state index in [0.717, 1.165) is 22.6 Å². The van der Waals surface area contributed by atoms with Crippen molar-refractivity contribution in [1.29, 1.82) is 0 Å². The lowest BCUT2D eigenvalue weighted by molar-refractivity contribution is 0.628. The van der Waals surface area contributed by atoms with Gasteiger partial charge in [-0.05, 0) is 61.5 Å². The molecular weight excluding hydrogens is 253 g/mol. The molecule has 0 aliphatic heterocycles. The zero-order valence-corrected chi connectivity index (χ0v) is 11.0. The fourth-order valence-electron chi connectivity index (χ4n) is 2.14. The topological polar surface area (TPSA) is 43.8 Å². The first-order valence-corrected chi connectivity index (χ1v) is 6.32. The van der Waals surface area contributed by atoms with E-state index < -0.39 is 0 Å². The highest BCUT2D eigenvalue weighted by Gasteiger charge is 2.09. The number of hydrogen-bond donors (Lipinski definition) is 1. The van der Waals surface area contributed by atoms with Gasteiger partial charge in [-0.3, -0.25) is 0 Å². The predicted molar refractivity (Wildman–Crippen MR) is 78.1 cm³/mol. The van der Waals surface area contributed by atoms with Gasteiger partial charge in [0.15, 0.2) is 0 Å². The van der Waals surface area contributed by atoms with Crippen molar-refractivity contribution in [2.45, 2.75) is 6.92 Å². The molecule has 1 aromatic heterocycles. The Hall–Kier alpha value is -2.62. The molecule has 3 rings (SSSR count).